The van der Waals surface area contributed by atoms with Crippen molar-refractivity contribution in [2.75, 3.05) is 26.8 Å². The van der Waals surface area contributed by atoms with E-state index < -0.39 is 0 Å². The molecule has 0 unspecified atom stereocenters. The molecule has 0 aliphatic carbocycles. The van der Waals surface area contributed by atoms with Crippen molar-refractivity contribution in [1.29, 1.82) is 0 Å². The number of rotatable bonds is 10. The predicted molar refractivity (Wildman–Crippen MR) is 129 cm³/mol. The summed E-state index contributed by atoms with van der Waals surface area (Å²) < 4.78 is 18.5. The number of hydrogen-bond acceptors (Lipinski definition) is 4. The van der Waals surface area contributed by atoms with E-state index in [1.807, 2.05) is 37.4 Å². The van der Waals surface area contributed by atoms with Crippen molar-refractivity contribution >= 4 is 23.2 Å². The minimum absolute atomic E-state index is 0.0678. The first kappa shape index (κ1) is 24.6. The van der Waals surface area contributed by atoms with Gasteiger partial charge in [0.15, 0.2) is 0 Å². The molecule has 1 heterocycles. The van der Waals surface area contributed by atoms with E-state index >= 15 is 0 Å². The van der Waals surface area contributed by atoms with Crippen molar-refractivity contribution in [2.45, 2.75) is 26.9 Å². The lowest BCUT2D eigenvalue weighted by Crippen LogP contribution is -2.43. The molecule has 0 atom stereocenters. The molecule has 2 aromatic carbocycles. The molecule has 3 rings (SSSR count). The number of benzene rings is 2. The molecule has 0 spiro atoms. The van der Waals surface area contributed by atoms with Crippen molar-refractivity contribution in [2.24, 2.45) is 0 Å². The summed E-state index contributed by atoms with van der Waals surface area (Å²) in [6.07, 6.45) is 0. The molecule has 0 fully saturated rings. The van der Waals surface area contributed by atoms with E-state index in [0.29, 0.717) is 31.8 Å². The van der Waals surface area contributed by atoms with Gasteiger partial charge in [0.1, 0.15) is 12.4 Å². The van der Waals surface area contributed by atoms with Crippen molar-refractivity contribution in [3.8, 4) is 0 Å². The highest BCUT2D eigenvalue weighted by Crippen LogP contribution is 2.20. The van der Waals surface area contributed by atoms with Crippen molar-refractivity contribution in [3.05, 3.63) is 92.9 Å². The summed E-state index contributed by atoms with van der Waals surface area (Å²) in [7, 11) is 1.57. The molecule has 7 heteroatoms. The highest BCUT2D eigenvalue weighted by atomic mass is 32.1. The number of ether oxygens (including phenoxy) is 1. The van der Waals surface area contributed by atoms with Gasteiger partial charge in [-0.05, 0) is 60.7 Å². The largest absolute Gasteiger partial charge is 0.383 e. The Kier molecular flexibility index (Phi) is 8.74. The zero-order chi connectivity index (χ0) is 23.8. The van der Waals surface area contributed by atoms with Gasteiger partial charge in [-0.3, -0.25) is 9.59 Å². The summed E-state index contributed by atoms with van der Waals surface area (Å²) >= 11 is 1.59. The molecule has 0 saturated carbocycles. The van der Waals surface area contributed by atoms with Crippen LogP contribution < -0.4 is 0 Å². The molecular weight excluding hydrogens is 439 g/mol. The molecule has 5 nitrogen and oxygen atoms in total. The van der Waals surface area contributed by atoms with E-state index in [0.717, 1.165) is 21.6 Å². The minimum atomic E-state index is -0.319. The maximum atomic E-state index is 13.4. The Morgan fingerprint density at radius 2 is 1.64 bits per heavy atom. The third-order valence-corrected chi connectivity index (χ3v) is 6.43. The Bertz CT molecular complexity index is 1060. The Morgan fingerprint density at radius 1 is 0.939 bits per heavy atom. The van der Waals surface area contributed by atoms with Gasteiger partial charge in [-0.15, -0.1) is 11.3 Å². The van der Waals surface area contributed by atoms with Crippen LogP contribution >= 0.6 is 11.3 Å². The third-order valence-electron chi connectivity index (χ3n) is 5.42. The smallest absolute Gasteiger partial charge is 0.254 e. The Balaban J connectivity index is 1.81. The van der Waals surface area contributed by atoms with Crippen molar-refractivity contribution < 1.29 is 18.7 Å². The highest BCUT2D eigenvalue weighted by Gasteiger charge is 2.23. The molecule has 0 aliphatic rings. The average molecular weight is 469 g/mol. The molecule has 33 heavy (non-hydrogen) atoms. The van der Waals surface area contributed by atoms with Crippen molar-refractivity contribution in [3.63, 3.8) is 0 Å². The van der Waals surface area contributed by atoms with Crippen LogP contribution in [0.2, 0.25) is 0 Å². The second-order valence-corrected chi connectivity index (χ2v) is 8.99. The summed E-state index contributed by atoms with van der Waals surface area (Å²) in [4.78, 5) is 30.9. The van der Waals surface area contributed by atoms with Gasteiger partial charge in [-0.2, -0.15) is 0 Å². The molecule has 0 radical (unpaired) electrons. The highest BCUT2D eigenvalue weighted by molar-refractivity contribution is 7.10. The number of carbonyl (C=O) groups is 2. The number of hydrogen-bond donors (Lipinski definition) is 0. The number of thiophene rings is 1. The standard InChI is InChI=1S/C26H29FN2O3S/c1-19-4-8-22(9-5-19)26(31)28(13-14-32-3)18-25(30)29(17-24-20(2)12-15-33-24)16-21-6-10-23(27)11-7-21/h4-12,15H,13-14,16-18H2,1-3H3. The Morgan fingerprint density at radius 3 is 2.24 bits per heavy atom. The molecule has 0 saturated heterocycles. The SMILES string of the molecule is COCCN(CC(=O)N(Cc1ccc(F)cc1)Cc1sccc1C)C(=O)c1ccc(C)cc1. The number of aryl methyl sites for hydroxylation is 2. The van der Waals surface area contributed by atoms with E-state index in [1.165, 1.54) is 17.0 Å². The van der Waals surface area contributed by atoms with Gasteiger partial charge in [0, 0.05) is 30.6 Å². The number of nitrogens with zero attached hydrogens (tertiary/aromatic N) is 2. The van der Waals surface area contributed by atoms with E-state index in [-0.39, 0.29) is 24.2 Å². The monoisotopic (exact) mass is 468 g/mol. The number of halogens is 1. The maximum Gasteiger partial charge on any atom is 0.254 e. The number of methoxy groups -OCH3 is 1. The van der Waals surface area contributed by atoms with E-state index in [1.54, 1.807) is 47.6 Å². The molecule has 0 N–H and O–H groups in total. The van der Waals surface area contributed by atoms with Crippen LogP contribution in [0.5, 0.6) is 0 Å². The van der Waals surface area contributed by atoms with Crippen LogP contribution in [-0.2, 0) is 22.6 Å². The molecule has 3 aromatic rings. The Labute approximate surface area is 198 Å². The normalized spacial score (nSPS) is 10.8. The topological polar surface area (TPSA) is 49.9 Å². The van der Waals surface area contributed by atoms with Crippen LogP contribution in [-0.4, -0.2) is 48.4 Å². The van der Waals surface area contributed by atoms with Gasteiger partial charge in [-0.1, -0.05) is 29.8 Å². The maximum absolute atomic E-state index is 13.4. The van der Waals surface area contributed by atoms with Gasteiger partial charge in [0.25, 0.3) is 5.91 Å². The van der Waals surface area contributed by atoms with Gasteiger partial charge in [0.2, 0.25) is 5.91 Å². The second kappa shape index (κ2) is 11.7. The zero-order valence-corrected chi connectivity index (χ0v) is 20.0. The fraction of sp³-hybridized carbons (Fsp3) is 0.308. The average Bonchev–Trinajstić information content (AvgIpc) is 3.21. The van der Waals surface area contributed by atoms with Gasteiger partial charge in [-0.25, -0.2) is 4.39 Å². The van der Waals surface area contributed by atoms with Crippen LogP contribution in [0.1, 0.15) is 31.9 Å². The quantitative estimate of drug-likeness (QED) is 0.429. The van der Waals surface area contributed by atoms with Crippen LogP contribution in [0.25, 0.3) is 0 Å². The van der Waals surface area contributed by atoms with Gasteiger partial charge >= 0.3 is 0 Å². The van der Waals surface area contributed by atoms with Crippen LogP contribution in [0.15, 0.2) is 60.0 Å². The van der Waals surface area contributed by atoms with Gasteiger partial charge in [0.05, 0.1) is 13.2 Å². The molecule has 0 bridgehead atoms. The second-order valence-electron chi connectivity index (χ2n) is 7.99. The van der Waals surface area contributed by atoms with Crippen LogP contribution in [0.3, 0.4) is 0 Å². The zero-order valence-electron chi connectivity index (χ0n) is 19.2. The first-order valence-corrected chi connectivity index (χ1v) is 11.7. The summed E-state index contributed by atoms with van der Waals surface area (Å²) in [5.74, 6) is -0.710. The summed E-state index contributed by atoms with van der Waals surface area (Å²) in [6.45, 7) is 5.29. The molecule has 1 aromatic heterocycles. The molecule has 2 amide bonds. The molecule has 174 valence electrons. The van der Waals surface area contributed by atoms with Crippen molar-refractivity contribution in [1.82, 2.24) is 9.80 Å². The van der Waals surface area contributed by atoms with Crippen LogP contribution in [0.4, 0.5) is 4.39 Å². The minimum Gasteiger partial charge on any atom is -0.383 e. The number of amides is 2. The van der Waals surface area contributed by atoms with E-state index in [4.69, 9.17) is 4.74 Å². The summed E-state index contributed by atoms with van der Waals surface area (Å²) in [6, 6.07) is 15.5. The fourth-order valence-electron chi connectivity index (χ4n) is 3.38. The fourth-order valence-corrected chi connectivity index (χ4v) is 4.30. The lowest BCUT2D eigenvalue weighted by molar-refractivity contribution is -0.133. The van der Waals surface area contributed by atoms with Gasteiger partial charge < -0.3 is 14.5 Å². The Hall–Kier alpha value is -3.03. The summed E-state index contributed by atoms with van der Waals surface area (Å²) in [5.41, 5.74) is 3.53. The molecular formula is C26H29FN2O3S. The first-order valence-electron chi connectivity index (χ1n) is 10.8. The van der Waals surface area contributed by atoms with Crippen LogP contribution in [0, 0.1) is 19.7 Å². The first-order chi connectivity index (χ1) is 15.9. The lowest BCUT2D eigenvalue weighted by atomic mass is 10.1. The lowest BCUT2D eigenvalue weighted by Gasteiger charge is -2.28. The molecule has 0 aliphatic heterocycles. The predicted octanol–water partition coefficient (Wildman–Crippen LogP) is 4.82. The van der Waals surface area contributed by atoms with E-state index in [2.05, 4.69) is 0 Å². The number of carbonyl (C=O) groups excluding carboxylic acids is 2. The summed E-state index contributed by atoms with van der Waals surface area (Å²) in [5, 5.41) is 2.00. The van der Waals surface area contributed by atoms with E-state index in [9.17, 15) is 14.0 Å². The third kappa shape index (κ3) is 6.97.